The Morgan fingerprint density at radius 2 is 0.632 bits per heavy atom. The second-order valence-corrected chi connectivity index (χ2v) is 29.5. The summed E-state index contributed by atoms with van der Waals surface area (Å²) < 4.78 is 14.3. The molecule has 8 heteroatoms. The molecule has 0 bridgehead atoms. The van der Waals surface area contributed by atoms with E-state index in [1.54, 1.807) is 0 Å². The Hall–Kier alpha value is -15.5. The number of fused-ring (bicyclic) bond motifs is 19. The Morgan fingerprint density at radius 1 is 0.228 bits per heavy atom. The molecule has 22 rings (SSSR count). The first-order chi connectivity index (χ1) is 56.4. The fourth-order valence-corrected chi connectivity index (χ4v) is 18.6. The van der Waals surface area contributed by atoms with Crippen molar-refractivity contribution in [2.75, 3.05) is 0 Å². The summed E-state index contributed by atoms with van der Waals surface area (Å²) in [6.07, 6.45) is 0. The van der Waals surface area contributed by atoms with Gasteiger partial charge in [0, 0.05) is 66.6 Å². The first kappa shape index (κ1) is 65.6. The van der Waals surface area contributed by atoms with Crippen LogP contribution < -0.4 is 9.47 Å². The van der Waals surface area contributed by atoms with Crippen LogP contribution in [0.3, 0.4) is 0 Å². The van der Waals surface area contributed by atoms with Crippen LogP contribution in [0.1, 0.15) is 55.6 Å². The minimum atomic E-state index is -0.870. The van der Waals surface area contributed by atoms with E-state index in [2.05, 4.69) is 303 Å². The van der Waals surface area contributed by atoms with Crippen LogP contribution in [0.25, 0.3) is 145 Å². The van der Waals surface area contributed by atoms with Crippen LogP contribution in [0.5, 0.6) is 23.0 Å². The summed E-state index contributed by atoms with van der Waals surface area (Å²) in [5, 5.41) is 22.4. The fourth-order valence-electron chi connectivity index (χ4n) is 18.6. The molecule has 2 aromatic heterocycles. The summed E-state index contributed by atoms with van der Waals surface area (Å²) in [6.45, 7) is 0. The molecule has 4 heterocycles. The molecule has 1 atom stereocenters. The van der Waals surface area contributed by atoms with Crippen molar-refractivity contribution in [2.45, 2.75) is 10.8 Å². The van der Waals surface area contributed by atoms with E-state index in [1.165, 1.54) is 0 Å². The first-order valence-corrected chi connectivity index (χ1v) is 38.3. The highest BCUT2D eigenvalue weighted by Crippen LogP contribution is 2.67. The van der Waals surface area contributed by atoms with E-state index >= 15 is 0 Å². The monoisotopic (exact) mass is 1450 g/mol. The van der Waals surface area contributed by atoms with Gasteiger partial charge in [-0.2, -0.15) is 10.5 Å². The smallest absolute Gasteiger partial charge is 0.161 e. The summed E-state index contributed by atoms with van der Waals surface area (Å²) in [5.41, 5.74) is 29.4. The summed E-state index contributed by atoms with van der Waals surface area (Å²) >= 11 is 0. The Labute approximate surface area is 658 Å². The van der Waals surface area contributed by atoms with Gasteiger partial charge in [0.1, 0.15) is 23.0 Å². The van der Waals surface area contributed by atoms with Crippen molar-refractivity contribution in [3.63, 3.8) is 0 Å². The maximum atomic E-state index is 10.4. The van der Waals surface area contributed by atoms with E-state index in [-0.39, 0.29) is 0 Å². The molecule has 528 valence electrons. The highest BCUT2D eigenvalue weighted by molar-refractivity contribution is 6.04. The maximum absolute atomic E-state index is 10.4. The van der Waals surface area contributed by atoms with E-state index in [0.29, 0.717) is 22.8 Å². The normalized spacial score (nSPS) is 13.8. The van der Waals surface area contributed by atoms with Crippen molar-refractivity contribution in [3.8, 4) is 170 Å². The predicted octanol–water partition coefficient (Wildman–Crippen LogP) is 25.8. The summed E-state index contributed by atoms with van der Waals surface area (Å²) in [5.74, 6) is 4.35. The molecule has 4 aliphatic rings. The fraction of sp³-hybridized carbons (Fsp3) is 0.0189. The van der Waals surface area contributed by atoms with E-state index in [4.69, 9.17) is 29.4 Å². The molecule has 0 fully saturated rings. The van der Waals surface area contributed by atoms with E-state index in [0.717, 1.165) is 201 Å². The second kappa shape index (κ2) is 26.1. The zero-order chi connectivity index (χ0) is 75.6. The molecular weight excluding hydrogens is 1390 g/mol. The Kier molecular flexibility index (Phi) is 15.0. The molecule has 8 nitrogen and oxygen atoms in total. The minimum Gasteiger partial charge on any atom is -0.457 e. The van der Waals surface area contributed by atoms with Gasteiger partial charge in [-0.3, -0.25) is 0 Å². The number of aromatic nitrogens is 4. The molecule has 0 N–H and O–H groups in total. The van der Waals surface area contributed by atoms with Crippen molar-refractivity contribution in [1.82, 2.24) is 19.9 Å². The molecule has 114 heavy (non-hydrogen) atoms. The minimum absolute atomic E-state index is 0.574. The molecule has 0 saturated heterocycles. The highest BCUT2D eigenvalue weighted by Gasteiger charge is 2.54. The van der Waals surface area contributed by atoms with Gasteiger partial charge in [0.25, 0.3) is 0 Å². The van der Waals surface area contributed by atoms with Crippen LogP contribution in [0, 0.1) is 22.7 Å². The zero-order valence-electron chi connectivity index (χ0n) is 61.3. The van der Waals surface area contributed by atoms with Crippen LogP contribution >= 0.6 is 0 Å². The van der Waals surface area contributed by atoms with Crippen LogP contribution in [-0.4, -0.2) is 19.9 Å². The first-order valence-electron chi connectivity index (χ1n) is 38.3. The lowest BCUT2D eigenvalue weighted by Gasteiger charge is -2.40. The number of nitriles is 2. The average molecular weight is 1450 g/mol. The van der Waals surface area contributed by atoms with Crippen LogP contribution in [0.2, 0.25) is 0 Å². The van der Waals surface area contributed by atoms with Gasteiger partial charge in [-0.05, 0) is 162 Å². The molecule has 2 spiro atoms. The molecule has 16 aromatic carbocycles. The third-order valence-corrected chi connectivity index (χ3v) is 23.6. The van der Waals surface area contributed by atoms with E-state index in [1.807, 2.05) is 84.9 Å². The van der Waals surface area contributed by atoms with Crippen molar-refractivity contribution in [1.29, 1.82) is 10.5 Å². The number of hydrogen-bond donors (Lipinski definition) is 0. The van der Waals surface area contributed by atoms with Gasteiger partial charge in [0.15, 0.2) is 11.6 Å². The number of hydrogen-bond acceptors (Lipinski definition) is 8. The van der Waals surface area contributed by atoms with Gasteiger partial charge >= 0.3 is 0 Å². The van der Waals surface area contributed by atoms with E-state index < -0.39 is 10.8 Å². The molecule has 1 unspecified atom stereocenters. The summed E-state index contributed by atoms with van der Waals surface area (Å²) in [4.78, 5) is 21.8. The lowest BCUT2D eigenvalue weighted by Crippen LogP contribution is -2.32. The highest BCUT2D eigenvalue weighted by atomic mass is 16.5. The Balaban J connectivity index is 0.720. The zero-order valence-corrected chi connectivity index (χ0v) is 61.3. The lowest BCUT2D eigenvalue weighted by molar-refractivity contribution is 0.436. The van der Waals surface area contributed by atoms with Crippen LogP contribution in [0.4, 0.5) is 0 Å². The molecule has 0 amide bonds. The molecule has 2 aliphatic heterocycles. The van der Waals surface area contributed by atoms with Crippen molar-refractivity contribution >= 4 is 10.8 Å². The quantitative estimate of drug-likeness (QED) is 0.133. The van der Waals surface area contributed by atoms with Crippen molar-refractivity contribution < 1.29 is 9.47 Å². The second-order valence-electron chi connectivity index (χ2n) is 29.5. The molecule has 0 saturated carbocycles. The number of rotatable bonds is 10. The molecule has 18 aromatic rings. The van der Waals surface area contributed by atoms with Crippen LogP contribution in [0.15, 0.2) is 376 Å². The third kappa shape index (κ3) is 10.1. The number of nitrogens with zero attached hydrogens (tertiary/aromatic N) is 6. The summed E-state index contributed by atoms with van der Waals surface area (Å²) in [7, 11) is 0. The van der Waals surface area contributed by atoms with Gasteiger partial charge in [-0.15, -0.1) is 0 Å². The lowest BCUT2D eigenvalue weighted by atomic mass is 9.65. The largest absolute Gasteiger partial charge is 0.457 e. The Bertz CT molecular complexity index is 7040. The molecular formula is C106H62N6O2. The van der Waals surface area contributed by atoms with Gasteiger partial charge in [-0.25, -0.2) is 19.9 Å². The number of ether oxygens (including phenoxy) is 2. The van der Waals surface area contributed by atoms with Crippen LogP contribution in [-0.2, 0) is 10.8 Å². The molecule has 2 aliphatic carbocycles. The molecule has 0 radical (unpaired) electrons. The maximum Gasteiger partial charge on any atom is 0.161 e. The SMILES string of the molecule is N#Cc1ccc(-c2cccc3c2-c2c(-c4nc(-c5ccccc5)cc(-c5cccc(-c6cccc7c6Oc6ccccc6C76c7ccc(-c8cccc(-c9cc(-c%10ccccc%10)nc(-c%10ccccc%10)n9)c8)cc7-c7cc(-c8cccc9c(C#N)cccc89)ccc76)c5)n4)cccc2C32c3ccccc3Oc3ccccc32)cc1. The van der Waals surface area contributed by atoms with E-state index in [9.17, 15) is 10.5 Å². The van der Waals surface area contributed by atoms with Gasteiger partial charge < -0.3 is 9.47 Å². The number of para-hydroxylation sites is 4. The summed E-state index contributed by atoms with van der Waals surface area (Å²) in [6, 6.07) is 137. The van der Waals surface area contributed by atoms with Gasteiger partial charge in [-0.1, -0.05) is 303 Å². The van der Waals surface area contributed by atoms with Gasteiger partial charge in [0.2, 0.25) is 0 Å². The Morgan fingerprint density at radius 3 is 1.25 bits per heavy atom. The van der Waals surface area contributed by atoms with Gasteiger partial charge in [0.05, 0.1) is 56.9 Å². The number of benzene rings is 16. The average Bonchev–Trinajstić information content (AvgIpc) is 1.50. The van der Waals surface area contributed by atoms with Crippen molar-refractivity contribution in [3.05, 3.63) is 432 Å². The van der Waals surface area contributed by atoms with Crippen molar-refractivity contribution in [2.24, 2.45) is 0 Å². The third-order valence-electron chi connectivity index (χ3n) is 23.6. The topological polar surface area (TPSA) is 118 Å². The predicted molar refractivity (Wildman–Crippen MR) is 454 cm³/mol. The standard InChI is InChI=1S/C106H62N6O2/c107-63-65-49-51-66(52-50-65)79-36-20-43-90-100(79)101-82(39-22-44-91(101)106(90)87-40-10-13-46-97(87)113-98-47-14-11-41-88(98)106)104-111-94(68-25-6-2-7-26-68)62-96(112-104)75-32-17-30-72(58-75)80-37-21-45-92-102(80)114-99-48-15-12-42-89(99)105(92)85-55-53-71(59-83(85)84-60-73(54-56-86(84)105)77-34-19-35-78-76(64-108)33-18-38-81(77)78)70-29-16-31-74(57-70)95-61-93(67-23-4-1-5-24-67)109-103(110-95)69-27-8-3-9-28-69/h1-62H.